The number of rotatable bonds is 5. The third-order valence-corrected chi connectivity index (χ3v) is 5.47. The van der Waals surface area contributed by atoms with Crippen molar-refractivity contribution in [2.24, 2.45) is 0 Å². The molecule has 1 saturated carbocycles. The van der Waals surface area contributed by atoms with Crippen LogP contribution in [-0.4, -0.2) is 41.5 Å². The summed E-state index contributed by atoms with van der Waals surface area (Å²) in [5.41, 5.74) is 2.60. The fraction of sp³-hybridized carbons (Fsp3) is 0.350. The lowest BCUT2D eigenvalue weighted by atomic mass is 10.1. The van der Waals surface area contributed by atoms with Crippen molar-refractivity contribution in [1.82, 2.24) is 30.3 Å². The largest absolute Gasteiger partial charge is 0.380 e. The Morgan fingerprint density at radius 3 is 2.93 bits per heavy atom. The second kappa shape index (κ2) is 7.25. The van der Waals surface area contributed by atoms with Crippen molar-refractivity contribution in [3.05, 3.63) is 59.6 Å². The highest BCUT2D eigenvalue weighted by atomic mass is 16.5. The number of H-pyrrole nitrogens is 1. The zero-order chi connectivity index (χ0) is 19.8. The highest BCUT2D eigenvalue weighted by Gasteiger charge is 2.31. The summed E-state index contributed by atoms with van der Waals surface area (Å²) >= 11 is 0. The maximum Gasteiger partial charge on any atom is 0.229 e. The Labute approximate surface area is 166 Å². The minimum Gasteiger partial charge on any atom is -0.380 e. The topological polar surface area (TPSA) is 126 Å². The first-order valence-electron chi connectivity index (χ1n) is 9.66. The molecule has 0 aliphatic heterocycles. The zero-order valence-electron chi connectivity index (χ0n) is 15.9. The van der Waals surface area contributed by atoms with Gasteiger partial charge in [-0.1, -0.05) is 35.0 Å². The van der Waals surface area contributed by atoms with Crippen LogP contribution in [0.5, 0.6) is 0 Å². The Morgan fingerprint density at radius 1 is 1.21 bits per heavy atom. The maximum atomic E-state index is 10.5. The van der Waals surface area contributed by atoms with E-state index in [-0.39, 0.29) is 12.0 Å². The van der Waals surface area contributed by atoms with Gasteiger partial charge in [-0.3, -0.25) is 5.10 Å². The molecule has 3 heterocycles. The number of nitrogens with one attached hydrogen (secondary N) is 2. The highest BCUT2D eigenvalue weighted by molar-refractivity contribution is 5.85. The van der Waals surface area contributed by atoms with E-state index < -0.39 is 6.10 Å². The van der Waals surface area contributed by atoms with Crippen molar-refractivity contribution < 1.29 is 9.63 Å². The van der Waals surface area contributed by atoms with E-state index in [0.29, 0.717) is 17.4 Å². The molecule has 1 fully saturated rings. The van der Waals surface area contributed by atoms with Gasteiger partial charge in [-0.15, -0.1) is 0 Å². The van der Waals surface area contributed by atoms with Crippen molar-refractivity contribution in [2.75, 3.05) is 5.32 Å². The molecule has 3 atom stereocenters. The Bertz CT molecular complexity index is 1120. The van der Waals surface area contributed by atoms with E-state index in [1.54, 1.807) is 6.20 Å². The number of aromatic amines is 1. The molecule has 29 heavy (non-hydrogen) atoms. The zero-order valence-corrected chi connectivity index (χ0v) is 15.9. The summed E-state index contributed by atoms with van der Waals surface area (Å²) in [6.07, 6.45) is 5.10. The van der Waals surface area contributed by atoms with E-state index in [2.05, 4.69) is 35.6 Å². The average molecular weight is 391 g/mol. The Balaban J connectivity index is 1.27. The number of aliphatic hydroxyl groups is 1. The second-order valence-electron chi connectivity index (χ2n) is 7.51. The standard InChI is InChI=1S/C20H21N7O2/c1-11-2-4-12(5-3-11)16(28)19-25-20(29-27-19)13-6-7-14(8-13)24-17-15-9-23-26-18(15)22-10-21-17/h2-5,9-10,13-14,16,28H,6-8H2,1H3,(H2,21,22,23,24,26)/t13-,14-,16?/m0/s1. The molecule has 148 valence electrons. The van der Waals surface area contributed by atoms with Gasteiger partial charge in [0.25, 0.3) is 0 Å². The minimum atomic E-state index is -0.890. The number of aromatic nitrogens is 6. The molecule has 5 rings (SSSR count). The predicted octanol–water partition coefficient (Wildman–Crippen LogP) is 2.87. The molecule has 0 amide bonds. The Kier molecular flexibility index (Phi) is 4.44. The van der Waals surface area contributed by atoms with Crippen molar-refractivity contribution in [2.45, 2.75) is 44.2 Å². The number of hydrogen-bond donors (Lipinski definition) is 3. The summed E-state index contributed by atoms with van der Waals surface area (Å²) in [5.74, 6) is 1.80. The first-order valence-corrected chi connectivity index (χ1v) is 9.66. The van der Waals surface area contributed by atoms with Crippen molar-refractivity contribution in [3.8, 4) is 0 Å². The molecular formula is C20H21N7O2. The normalized spacial score (nSPS) is 20.2. The van der Waals surface area contributed by atoms with Crippen LogP contribution < -0.4 is 5.32 Å². The van der Waals surface area contributed by atoms with E-state index in [9.17, 15) is 5.11 Å². The molecule has 9 nitrogen and oxygen atoms in total. The van der Waals surface area contributed by atoms with E-state index in [1.165, 1.54) is 6.33 Å². The molecule has 1 aromatic carbocycles. The number of nitrogens with zero attached hydrogens (tertiary/aromatic N) is 5. The number of benzene rings is 1. The van der Waals surface area contributed by atoms with Crippen molar-refractivity contribution in [1.29, 1.82) is 0 Å². The summed E-state index contributed by atoms with van der Waals surface area (Å²) in [5, 5.41) is 25.8. The monoisotopic (exact) mass is 391 g/mol. The number of hydrogen-bond acceptors (Lipinski definition) is 8. The van der Waals surface area contributed by atoms with Crippen LogP contribution in [0.4, 0.5) is 5.82 Å². The van der Waals surface area contributed by atoms with Gasteiger partial charge in [0.15, 0.2) is 5.65 Å². The molecule has 0 saturated heterocycles. The van der Waals surface area contributed by atoms with Gasteiger partial charge in [-0.25, -0.2) is 9.97 Å². The van der Waals surface area contributed by atoms with Crippen LogP contribution in [0.2, 0.25) is 0 Å². The third kappa shape index (κ3) is 3.44. The number of anilines is 1. The van der Waals surface area contributed by atoms with Crippen LogP contribution in [0.15, 0.2) is 41.3 Å². The van der Waals surface area contributed by atoms with Gasteiger partial charge < -0.3 is 14.9 Å². The number of fused-ring (bicyclic) bond motifs is 1. The summed E-state index contributed by atoms with van der Waals surface area (Å²) in [6.45, 7) is 2.01. The van der Waals surface area contributed by atoms with Gasteiger partial charge in [0.1, 0.15) is 18.2 Å². The Morgan fingerprint density at radius 2 is 2.07 bits per heavy atom. The van der Waals surface area contributed by atoms with Gasteiger partial charge in [0.05, 0.1) is 11.6 Å². The van der Waals surface area contributed by atoms with Gasteiger partial charge >= 0.3 is 0 Å². The molecule has 1 aliphatic rings. The van der Waals surface area contributed by atoms with E-state index in [0.717, 1.165) is 41.6 Å². The minimum absolute atomic E-state index is 0.153. The lowest BCUT2D eigenvalue weighted by molar-refractivity contribution is 0.204. The lowest BCUT2D eigenvalue weighted by Crippen LogP contribution is -2.16. The van der Waals surface area contributed by atoms with E-state index in [1.807, 2.05) is 31.2 Å². The first kappa shape index (κ1) is 17.7. The molecule has 3 aromatic heterocycles. The van der Waals surface area contributed by atoms with Crippen LogP contribution in [0, 0.1) is 6.92 Å². The van der Waals surface area contributed by atoms with Crippen LogP contribution in [0.1, 0.15) is 54.1 Å². The molecule has 4 aromatic rings. The van der Waals surface area contributed by atoms with Gasteiger partial charge in [-0.2, -0.15) is 10.1 Å². The molecule has 0 spiro atoms. The third-order valence-electron chi connectivity index (χ3n) is 5.47. The van der Waals surface area contributed by atoms with Gasteiger partial charge in [-0.05, 0) is 31.7 Å². The van der Waals surface area contributed by atoms with Crippen molar-refractivity contribution in [3.63, 3.8) is 0 Å². The smallest absolute Gasteiger partial charge is 0.229 e. The van der Waals surface area contributed by atoms with E-state index >= 15 is 0 Å². The highest BCUT2D eigenvalue weighted by Crippen LogP contribution is 2.36. The Hall–Kier alpha value is -3.33. The summed E-state index contributed by atoms with van der Waals surface area (Å²) < 4.78 is 5.48. The molecule has 0 bridgehead atoms. The quantitative estimate of drug-likeness (QED) is 0.474. The fourth-order valence-corrected chi connectivity index (χ4v) is 3.83. The van der Waals surface area contributed by atoms with Crippen LogP contribution in [0.25, 0.3) is 11.0 Å². The molecule has 3 N–H and O–H groups in total. The summed E-state index contributed by atoms with van der Waals surface area (Å²) in [7, 11) is 0. The number of aliphatic hydroxyl groups excluding tert-OH is 1. The molecule has 1 unspecified atom stereocenters. The SMILES string of the molecule is Cc1ccc(C(O)c2noc([C@H]3CC[C@H](Nc4ncnc5[nH]ncc45)C3)n2)cc1. The second-order valence-corrected chi connectivity index (χ2v) is 7.51. The van der Waals surface area contributed by atoms with Crippen LogP contribution in [0.3, 0.4) is 0 Å². The molecule has 0 radical (unpaired) electrons. The molecule has 9 heteroatoms. The lowest BCUT2D eigenvalue weighted by Gasteiger charge is -2.13. The van der Waals surface area contributed by atoms with Gasteiger partial charge in [0.2, 0.25) is 11.7 Å². The average Bonchev–Trinajstić information content (AvgIpc) is 3.48. The van der Waals surface area contributed by atoms with E-state index in [4.69, 9.17) is 4.52 Å². The van der Waals surface area contributed by atoms with Crippen LogP contribution in [-0.2, 0) is 0 Å². The maximum absolute atomic E-state index is 10.5. The number of aryl methyl sites for hydroxylation is 1. The van der Waals surface area contributed by atoms with Crippen LogP contribution >= 0.6 is 0 Å². The van der Waals surface area contributed by atoms with Crippen molar-refractivity contribution >= 4 is 16.9 Å². The fourth-order valence-electron chi connectivity index (χ4n) is 3.83. The molecular weight excluding hydrogens is 370 g/mol. The summed E-state index contributed by atoms with van der Waals surface area (Å²) in [6, 6.07) is 7.91. The molecule has 1 aliphatic carbocycles. The summed E-state index contributed by atoms with van der Waals surface area (Å²) in [4.78, 5) is 13.0. The first-order chi connectivity index (χ1) is 14.2. The van der Waals surface area contributed by atoms with Gasteiger partial charge in [0, 0.05) is 12.0 Å². The predicted molar refractivity (Wildman–Crippen MR) is 105 cm³/mol.